The lowest BCUT2D eigenvalue weighted by atomic mass is 9.47. The summed E-state index contributed by atoms with van der Waals surface area (Å²) in [7, 11) is 0. The molecule has 21 heavy (non-hydrogen) atoms. The molecule has 4 aliphatic rings. The van der Waals surface area contributed by atoms with Crippen LogP contribution in [0.3, 0.4) is 0 Å². The van der Waals surface area contributed by atoms with Crippen molar-refractivity contribution in [3.05, 3.63) is 24.3 Å². The van der Waals surface area contributed by atoms with E-state index in [1.54, 1.807) is 6.20 Å². The summed E-state index contributed by atoms with van der Waals surface area (Å²) < 4.78 is 0. The van der Waals surface area contributed by atoms with E-state index in [2.05, 4.69) is 22.2 Å². The van der Waals surface area contributed by atoms with Gasteiger partial charge in [0.2, 0.25) is 0 Å². The zero-order valence-corrected chi connectivity index (χ0v) is 13.1. The third-order valence-corrected chi connectivity index (χ3v) is 6.18. The number of rotatable bonds is 5. The minimum absolute atomic E-state index is 0.416. The second-order valence-electron chi connectivity index (χ2n) is 7.80. The number of nitrogens with zero attached hydrogens (tertiary/aromatic N) is 2. The Morgan fingerprint density at radius 1 is 1.14 bits per heavy atom. The van der Waals surface area contributed by atoms with E-state index in [0.717, 1.165) is 24.3 Å². The highest BCUT2D eigenvalue weighted by Crippen LogP contribution is 2.63. The molecular formula is C18H27N3. The predicted octanol–water partition coefficient (Wildman–Crippen LogP) is 3.73. The van der Waals surface area contributed by atoms with Gasteiger partial charge in [-0.2, -0.15) is 0 Å². The molecule has 5 rings (SSSR count). The van der Waals surface area contributed by atoms with Crippen molar-refractivity contribution in [3.63, 3.8) is 0 Å². The van der Waals surface area contributed by atoms with E-state index in [0.29, 0.717) is 11.5 Å². The van der Waals surface area contributed by atoms with E-state index in [1.165, 1.54) is 50.6 Å². The predicted molar refractivity (Wildman–Crippen MR) is 83.7 cm³/mol. The normalized spacial score (nSPS) is 38.6. The molecule has 0 saturated heterocycles. The van der Waals surface area contributed by atoms with E-state index in [1.807, 2.05) is 12.4 Å². The second kappa shape index (κ2) is 5.35. The Morgan fingerprint density at radius 2 is 1.81 bits per heavy atom. The molecule has 1 heterocycles. The van der Waals surface area contributed by atoms with Crippen LogP contribution in [0, 0.1) is 23.2 Å². The highest BCUT2D eigenvalue weighted by Gasteiger charge is 2.54. The lowest BCUT2D eigenvalue weighted by Crippen LogP contribution is -2.52. The summed E-state index contributed by atoms with van der Waals surface area (Å²) in [5.74, 6) is 2.96. The fourth-order valence-electron chi connectivity index (χ4n) is 5.91. The summed E-state index contributed by atoms with van der Waals surface area (Å²) in [6.45, 7) is 3.34. The molecule has 114 valence electrons. The van der Waals surface area contributed by atoms with Gasteiger partial charge in [0.05, 0.1) is 11.7 Å². The first-order chi connectivity index (χ1) is 10.3. The van der Waals surface area contributed by atoms with Crippen molar-refractivity contribution in [2.75, 3.05) is 6.54 Å². The van der Waals surface area contributed by atoms with Crippen molar-refractivity contribution >= 4 is 0 Å². The topological polar surface area (TPSA) is 37.8 Å². The van der Waals surface area contributed by atoms with Gasteiger partial charge in [0.25, 0.3) is 0 Å². The molecule has 1 aromatic rings. The minimum Gasteiger partial charge on any atom is -0.308 e. The van der Waals surface area contributed by atoms with Crippen LogP contribution in [0.25, 0.3) is 0 Å². The molecule has 4 bridgehead atoms. The van der Waals surface area contributed by atoms with Gasteiger partial charge in [-0.15, -0.1) is 0 Å². The van der Waals surface area contributed by atoms with Crippen molar-refractivity contribution in [2.24, 2.45) is 23.2 Å². The molecular weight excluding hydrogens is 258 g/mol. The Kier molecular flexibility index (Phi) is 3.49. The van der Waals surface area contributed by atoms with E-state index in [9.17, 15) is 0 Å². The molecule has 4 fully saturated rings. The minimum atomic E-state index is 0.416. The number of hydrogen-bond acceptors (Lipinski definition) is 3. The average molecular weight is 285 g/mol. The molecule has 0 amide bonds. The zero-order chi connectivity index (χ0) is 14.3. The van der Waals surface area contributed by atoms with E-state index < -0.39 is 0 Å². The van der Waals surface area contributed by atoms with Crippen LogP contribution in [-0.4, -0.2) is 16.5 Å². The summed E-state index contributed by atoms with van der Waals surface area (Å²) in [5.41, 5.74) is 1.63. The maximum atomic E-state index is 4.66. The Labute approximate surface area is 128 Å². The van der Waals surface area contributed by atoms with Crippen LogP contribution in [0.5, 0.6) is 0 Å². The van der Waals surface area contributed by atoms with Crippen LogP contribution < -0.4 is 5.32 Å². The van der Waals surface area contributed by atoms with Gasteiger partial charge in [0, 0.05) is 18.6 Å². The summed E-state index contributed by atoms with van der Waals surface area (Å²) >= 11 is 0. The third kappa shape index (κ3) is 2.40. The van der Waals surface area contributed by atoms with Crippen molar-refractivity contribution in [2.45, 2.75) is 57.9 Å². The van der Waals surface area contributed by atoms with Crippen molar-refractivity contribution in [3.8, 4) is 0 Å². The molecule has 4 saturated carbocycles. The van der Waals surface area contributed by atoms with Crippen LogP contribution >= 0.6 is 0 Å². The highest BCUT2D eigenvalue weighted by molar-refractivity contribution is 5.14. The van der Waals surface area contributed by atoms with Crippen LogP contribution in [0.2, 0.25) is 0 Å². The van der Waals surface area contributed by atoms with Gasteiger partial charge < -0.3 is 5.32 Å². The molecule has 1 aromatic heterocycles. The first kappa shape index (κ1) is 13.7. The smallest absolute Gasteiger partial charge is 0.0761 e. The molecule has 4 aliphatic carbocycles. The fourth-order valence-corrected chi connectivity index (χ4v) is 5.91. The van der Waals surface area contributed by atoms with Gasteiger partial charge >= 0.3 is 0 Å². The zero-order valence-electron chi connectivity index (χ0n) is 13.1. The molecule has 0 aromatic carbocycles. The monoisotopic (exact) mass is 285 g/mol. The number of hydrogen-bond donors (Lipinski definition) is 1. The third-order valence-electron chi connectivity index (χ3n) is 6.18. The van der Waals surface area contributed by atoms with Crippen molar-refractivity contribution < 1.29 is 0 Å². The van der Waals surface area contributed by atoms with E-state index >= 15 is 0 Å². The van der Waals surface area contributed by atoms with Gasteiger partial charge in [0.15, 0.2) is 0 Å². The van der Waals surface area contributed by atoms with Gasteiger partial charge in [0.1, 0.15) is 0 Å². The lowest BCUT2D eigenvalue weighted by molar-refractivity contribution is -0.0756. The summed E-state index contributed by atoms with van der Waals surface area (Å²) in [5, 5.41) is 3.84. The average Bonchev–Trinajstić information content (AvgIpc) is 2.47. The Balaban J connectivity index is 1.66. The molecule has 1 unspecified atom stereocenters. The van der Waals surface area contributed by atoms with Crippen LogP contribution in [0.15, 0.2) is 18.6 Å². The highest BCUT2D eigenvalue weighted by atomic mass is 15.0. The molecule has 0 radical (unpaired) electrons. The Bertz CT molecular complexity index is 449. The van der Waals surface area contributed by atoms with Crippen molar-refractivity contribution in [1.29, 1.82) is 0 Å². The number of nitrogens with one attached hydrogen (secondary N) is 1. The van der Waals surface area contributed by atoms with Gasteiger partial charge in [-0.3, -0.25) is 9.97 Å². The molecule has 3 nitrogen and oxygen atoms in total. The first-order valence-corrected chi connectivity index (χ1v) is 8.78. The maximum absolute atomic E-state index is 4.66. The standard InChI is InChI=1S/C18H27N3/c1-2-3-21-17(16-12-19-4-5-20-16)18-9-13-6-14(10-18)8-15(7-13)11-18/h4-5,12-15,17,21H,2-3,6-11H2,1H3. The second-order valence-corrected chi connectivity index (χ2v) is 7.80. The SMILES string of the molecule is CCCNC(c1cnccn1)C12CC3CC(CC(C3)C1)C2. The van der Waals surface area contributed by atoms with E-state index in [-0.39, 0.29) is 0 Å². The van der Waals surface area contributed by atoms with Crippen LogP contribution in [0.4, 0.5) is 0 Å². The van der Waals surface area contributed by atoms with Gasteiger partial charge in [-0.1, -0.05) is 6.92 Å². The Hall–Kier alpha value is -0.960. The van der Waals surface area contributed by atoms with Crippen LogP contribution in [-0.2, 0) is 0 Å². The molecule has 1 N–H and O–H groups in total. The number of aromatic nitrogens is 2. The summed E-state index contributed by atoms with van der Waals surface area (Å²) in [6, 6.07) is 0.416. The van der Waals surface area contributed by atoms with Gasteiger partial charge in [-0.05, 0) is 74.7 Å². The maximum Gasteiger partial charge on any atom is 0.0761 e. The lowest BCUT2D eigenvalue weighted by Gasteiger charge is -2.59. The summed E-state index contributed by atoms with van der Waals surface area (Å²) in [4.78, 5) is 9.00. The summed E-state index contributed by atoms with van der Waals surface area (Å²) in [6.07, 6.45) is 15.6. The molecule has 1 atom stereocenters. The van der Waals surface area contributed by atoms with Gasteiger partial charge in [-0.25, -0.2) is 0 Å². The molecule has 0 aliphatic heterocycles. The first-order valence-electron chi connectivity index (χ1n) is 8.78. The fraction of sp³-hybridized carbons (Fsp3) is 0.778. The largest absolute Gasteiger partial charge is 0.308 e. The van der Waals surface area contributed by atoms with E-state index in [4.69, 9.17) is 0 Å². The quantitative estimate of drug-likeness (QED) is 0.895. The van der Waals surface area contributed by atoms with Crippen LogP contribution in [0.1, 0.15) is 63.6 Å². The Morgan fingerprint density at radius 3 is 2.33 bits per heavy atom. The van der Waals surface area contributed by atoms with Crippen molar-refractivity contribution in [1.82, 2.24) is 15.3 Å². The molecule has 3 heteroatoms. The molecule has 0 spiro atoms.